The van der Waals surface area contributed by atoms with Crippen molar-refractivity contribution in [3.05, 3.63) is 12.7 Å². The average molecular weight is 482 g/mol. The molecule has 1 atom stereocenters. The van der Waals surface area contributed by atoms with Gasteiger partial charge in [-0.1, -0.05) is 6.58 Å². The molecule has 0 aromatic carbocycles. The van der Waals surface area contributed by atoms with Gasteiger partial charge in [-0.2, -0.15) is 0 Å². The molecule has 0 bridgehead atoms. The molecule has 0 fully saturated rings. The lowest BCUT2D eigenvalue weighted by Crippen LogP contribution is -2.60. The summed E-state index contributed by atoms with van der Waals surface area (Å²) in [5.41, 5.74) is 0. The quantitative estimate of drug-likeness (QED) is 0.211. The van der Waals surface area contributed by atoms with Crippen molar-refractivity contribution in [1.82, 2.24) is 5.32 Å². The van der Waals surface area contributed by atoms with E-state index in [4.69, 9.17) is 17.1 Å². The van der Waals surface area contributed by atoms with Crippen molar-refractivity contribution in [3.8, 4) is 0 Å². The zero-order valence-electron chi connectivity index (χ0n) is 19.9. The van der Waals surface area contributed by atoms with E-state index in [2.05, 4.69) is 70.8 Å². The highest BCUT2D eigenvalue weighted by atomic mass is 28.5. The van der Waals surface area contributed by atoms with E-state index in [1.807, 2.05) is 0 Å². The Morgan fingerprint density at radius 3 is 1.79 bits per heavy atom. The third-order valence-electron chi connectivity index (χ3n) is 3.16. The predicted molar refractivity (Wildman–Crippen MR) is 129 cm³/mol. The maximum Gasteiger partial charge on any atom is 0.469 e. The van der Waals surface area contributed by atoms with Crippen LogP contribution in [0.4, 0.5) is 0 Å². The van der Waals surface area contributed by atoms with Crippen LogP contribution in [0.5, 0.6) is 0 Å². The Labute approximate surface area is 181 Å². The Morgan fingerprint density at radius 2 is 1.41 bits per heavy atom. The molecule has 11 heteroatoms. The highest BCUT2D eigenvalue weighted by molar-refractivity contribution is 6.90. The van der Waals surface area contributed by atoms with Gasteiger partial charge in [0.1, 0.15) is 0 Å². The number of aliphatic hydroxyl groups excluding tert-OH is 1. The fourth-order valence-electron chi connectivity index (χ4n) is 2.57. The minimum absolute atomic E-state index is 0.139. The van der Waals surface area contributed by atoms with E-state index in [1.54, 1.807) is 0 Å². The van der Waals surface area contributed by atoms with E-state index in [9.17, 15) is 9.90 Å². The Hall–Kier alpha value is -0.122. The molecule has 0 radical (unpaired) electrons. The lowest BCUT2D eigenvalue weighted by molar-refractivity contribution is -0.117. The molecule has 0 saturated carbocycles. The van der Waals surface area contributed by atoms with Gasteiger partial charge in [-0.05, 0) is 71.4 Å². The lowest BCUT2D eigenvalue weighted by Gasteiger charge is -2.42. The number of amides is 1. The number of aliphatic hydroxyl groups is 1. The second-order valence-electron chi connectivity index (χ2n) is 10.1. The number of ether oxygens (including phenoxy) is 1. The van der Waals surface area contributed by atoms with Crippen LogP contribution in [0.3, 0.4) is 0 Å². The molecule has 0 saturated heterocycles. The van der Waals surface area contributed by atoms with Gasteiger partial charge in [-0.3, -0.25) is 4.79 Å². The van der Waals surface area contributed by atoms with Gasteiger partial charge in [0, 0.05) is 19.2 Å². The fourth-order valence-corrected chi connectivity index (χ4v) is 17.2. The van der Waals surface area contributed by atoms with Gasteiger partial charge in [0.15, 0.2) is 25.0 Å². The summed E-state index contributed by atoms with van der Waals surface area (Å²) in [6, 6.07) is 0.703. The van der Waals surface area contributed by atoms with E-state index in [0.717, 1.165) is 6.42 Å². The monoisotopic (exact) mass is 481 g/mol. The first-order valence-electron chi connectivity index (χ1n) is 10.2. The van der Waals surface area contributed by atoms with E-state index >= 15 is 0 Å². The summed E-state index contributed by atoms with van der Waals surface area (Å²) in [7, 11) is -8.47. The number of carbonyl (C=O) groups is 1. The normalized spacial score (nSPS) is 14.6. The summed E-state index contributed by atoms with van der Waals surface area (Å²) in [6.07, 6.45) is 1.15. The van der Waals surface area contributed by atoms with Gasteiger partial charge in [0.25, 0.3) is 0 Å². The fraction of sp³-hybridized carbons (Fsp3) is 0.833. The van der Waals surface area contributed by atoms with Crippen molar-refractivity contribution in [2.24, 2.45) is 0 Å². The second-order valence-corrected chi connectivity index (χ2v) is 27.1. The van der Waals surface area contributed by atoms with Crippen LogP contribution in [0, 0.1) is 0 Å². The summed E-state index contributed by atoms with van der Waals surface area (Å²) < 4.78 is 25.5. The third-order valence-corrected chi connectivity index (χ3v) is 15.2. The zero-order valence-corrected chi connectivity index (χ0v) is 23.9. The van der Waals surface area contributed by atoms with E-state index in [1.165, 1.54) is 6.08 Å². The molecular formula is C18H43NO6Si4. The van der Waals surface area contributed by atoms with Crippen LogP contribution in [0.25, 0.3) is 0 Å². The molecule has 0 spiro atoms. The molecule has 1 amide bonds. The second kappa shape index (κ2) is 12.1. The first-order valence-corrected chi connectivity index (χ1v) is 22.4. The summed E-state index contributed by atoms with van der Waals surface area (Å²) >= 11 is 0. The molecule has 172 valence electrons. The number of hydrogen-bond acceptors (Lipinski definition) is 6. The number of carbonyl (C=O) groups excluding carboxylic acids is 1. The summed E-state index contributed by atoms with van der Waals surface area (Å²) in [5, 5.41) is 12.4. The first kappa shape index (κ1) is 28.9. The Morgan fingerprint density at radius 1 is 0.966 bits per heavy atom. The predicted octanol–water partition coefficient (Wildman–Crippen LogP) is 3.55. The molecular weight excluding hydrogens is 439 g/mol. The topological polar surface area (TPSA) is 86.3 Å². The summed E-state index contributed by atoms with van der Waals surface area (Å²) in [5.74, 6) is -0.310. The van der Waals surface area contributed by atoms with Crippen molar-refractivity contribution < 1.29 is 27.0 Å². The van der Waals surface area contributed by atoms with E-state index < -0.39 is 39.9 Å². The van der Waals surface area contributed by atoms with Crippen molar-refractivity contribution in [2.75, 3.05) is 19.8 Å². The molecule has 0 aliphatic carbocycles. The Bertz CT molecular complexity index is 473. The number of hydrogen-bond donors (Lipinski definition) is 2. The molecule has 0 aliphatic rings. The molecule has 0 aliphatic heterocycles. The SMILES string of the molecule is C=CC(=O)NCC(O)COCCC[Si](O[Si](C)(C)C)(O[Si](C)(C)C)O[Si](C)(C)C. The molecule has 0 rings (SSSR count). The molecule has 7 nitrogen and oxygen atoms in total. The van der Waals surface area contributed by atoms with Crippen LogP contribution < -0.4 is 5.32 Å². The summed E-state index contributed by atoms with van der Waals surface area (Å²) in [6.45, 7) is 23.6. The molecule has 0 aromatic rings. The van der Waals surface area contributed by atoms with Crippen molar-refractivity contribution >= 4 is 39.7 Å². The van der Waals surface area contributed by atoms with Gasteiger partial charge in [-0.15, -0.1) is 0 Å². The van der Waals surface area contributed by atoms with Gasteiger partial charge >= 0.3 is 8.80 Å². The Balaban J connectivity index is 4.90. The third kappa shape index (κ3) is 16.3. The maximum atomic E-state index is 11.1. The number of nitrogens with one attached hydrogen (secondary N) is 1. The van der Waals surface area contributed by atoms with Crippen LogP contribution in [0.1, 0.15) is 6.42 Å². The molecule has 0 heterocycles. The lowest BCUT2D eigenvalue weighted by atomic mass is 10.3. The first-order chi connectivity index (χ1) is 13.0. The standard InChI is InChI=1S/C18H43NO6Si4/c1-11-18(21)19-15-17(20)16-22-13-12-14-29(23-26(2,3)4,24-27(5,6)7)25-28(8,9)10/h11,17,20H,1,12-16H2,2-10H3,(H,19,21). The van der Waals surface area contributed by atoms with Crippen LogP contribution in [-0.4, -0.2) is 70.6 Å². The van der Waals surface area contributed by atoms with Gasteiger partial charge in [0.2, 0.25) is 5.91 Å². The van der Waals surface area contributed by atoms with Crippen LogP contribution in [0.15, 0.2) is 12.7 Å². The minimum atomic E-state index is -2.84. The highest BCUT2D eigenvalue weighted by Crippen LogP contribution is 2.29. The molecule has 0 aromatic heterocycles. The van der Waals surface area contributed by atoms with Crippen molar-refractivity contribution in [3.63, 3.8) is 0 Å². The van der Waals surface area contributed by atoms with Crippen LogP contribution in [-0.2, 0) is 21.9 Å². The molecule has 2 N–H and O–H groups in total. The van der Waals surface area contributed by atoms with Gasteiger partial charge in [0.05, 0.1) is 12.7 Å². The van der Waals surface area contributed by atoms with Crippen LogP contribution in [0.2, 0.25) is 65.0 Å². The number of rotatable bonds is 15. The van der Waals surface area contributed by atoms with Crippen LogP contribution >= 0.6 is 0 Å². The molecule has 1 unspecified atom stereocenters. The smallest absolute Gasteiger partial charge is 0.417 e. The largest absolute Gasteiger partial charge is 0.469 e. The van der Waals surface area contributed by atoms with E-state index in [0.29, 0.717) is 12.7 Å². The van der Waals surface area contributed by atoms with Crippen molar-refractivity contribution in [1.29, 1.82) is 0 Å². The van der Waals surface area contributed by atoms with Gasteiger partial charge < -0.3 is 27.5 Å². The molecule has 29 heavy (non-hydrogen) atoms. The zero-order chi connectivity index (χ0) is 22.9. The summed E-state index contributed by atoms with van der Waals surface area (Å²) in [4.78, 5) is 11.1. The maximum absolute atomic E-state index is 11.1. The van der Waals surface area contributed by atoms with E-state index in [-0.39, 0.29) is 19.1 Å². The average Bonchev–Trinajstić information content (AvgIpc) is 2.46. The highest BCUT2D eigenvalue weighted by Gasteiger charge is 2.49. The van der Waals surface area contributed by atoms with Crippen molar-refractivity contribution in [2.45, 2.75) is 77.5 Å². The minimum Gasteiger partial charge on any atom is -0.417 e. The van der Waals surface area contributed by atoms with Gasteiger partial charge in [-0.25, -0.2) is 0 Å². The Kier molecular flexibility index (Phi) is 12.0.